The second-order valence-corrected chi connectivity index (χ2v) is 5.96. The Kier molecular flexibility index (Phi) is 5.12. The van der Waals surface area contributed by atoms with E-state index in [-0.39, 0.29) is 0 Å². The first-order valence-corrected chi connectivity index (χ1v) is 7.68. The van der Waals surface area contributed by atoms with Crippen molar-refractivity contribution < 1.29 is 9.47 Å². The van der Waals surface area contributed by atoms with Gasteiger partial charge in [0.25, 0.3) is 0 Å². The molecule has 1 atom stereocenters. The van der Waals surface area contributed by atoms with Crippen molar-refractivity contribution in [1.82, 2.24) is 9.80 Å². The summed E-state index contributed by atoms with van der Waals surface area (Å²) in [5.74, 6) is 2.04. The molecule has 0 fully saturated rings. The molecule has 1 aliphatic rings. The molecule has 1 unspecified atom stereocenters. The van der Waals surface area contributed by atoms with Crippen LogP contribution in [0, 0.1) is 0 Å². The van der Waals surface area contributed by atoms with Gasteiger partial charge < -0.3 is 14.4 Å². The summed E-state index contributed by atoms with van der Waals surface area (Å²) in [6.45, 7) is 7.47. The molecule has 0 saturated heterocycles. The quantitative estimate of drug-likeness (QED) is 0.833. The lowest BCUT2D eigenvalue weighted by Gasteiger charge is -2.36. The molecule has 21 heavy (non-hydrogen) atoms. The summed E-state index contributed by atoms with van der Waals surface area (Å²) >= 11 is 0. The van der Waals surface area contributed by atoms with E-state index in [4.69, 9.17) is 9.47 Å². The highest BCUT2D eigenvalue weighted by atomic mass is 16.5. The van der Waals surface area contributed by atoms with E-state index in [0.29, 0.717) is 6.04 Å². The summed E-state index contributed by atoms with van der Waals surface area (Å²) in [6, 6.07) is 2.52. The standard InChI is InChI=1S/C17H28N2O2/c1-7-19-9-8-14-16(12(19)2)15(20-5)10-13(11-18(3)4)17(14)21-6/h10,12H,7-9,11H2,1-6H3. The maximum Gasteiger partial charge on any atom is 0.127 e. The monoisotopic (exact) mass is 292 g/mol. The largest absolute Gasteiger partial charge is 0.496 e. The maximum absolute atomic E-state index is 5.76. The number of nitrogens with zero attached hydrogens (tertiary/aromatic N) is 2. The van der Waals surface area contributed by atoms with E-state index in [1.54, 1.807) is 14.2 Å². The zero-order valence-corrected chi connectivity index (χ0v) is 14.2. The second kappa shape index (κ2) is 6.67. The fourth-order valence-corrected chi connectivity index (χ4v) is 3.42. The van der Waals surface area contributed by atoms with Crippen molar-refractivity contribution >= 4 is 0 Å². The van der Waals surface area contributed by atoms with Crippen LogP contribution in [0.2, 0.25) is 0 Å². The van der Waals surface area contributed by atoms with Gasteiger partial charge >= 0.3 is 0 Å². The Morgan fingerprint density at radius 2 is 2.00 bits per heavy atom. The third-order valence-electron chi connectivity index (χ3n) is 4.39. The molecular formula is C17H28N2O2. The summed E-state index contributed by atoms with van der Waals surface area (Å²) in [4.78, 5) is 4.64. The molecule has 1 aliphatic heterocycles. The minimum absolute atomic E-state index is 0.371. The van der Waals surface area contributed by atoms with Crippen molar-refractivity contribution in [2.45, 2.75) is 32.9 Å². The van der Waals surface area contributed by atoms with Gasteiger partial charge in [-0.25, -0.2) is 0 Å². The minimum Gasteiger partial charge on any atom is -0.496 e. The lowest BCUT2D eigenvalue weighted by atomic mass is 9.89. The van der Waals surface area contributed by atoms with Gasteiger partial charge in [0.05, 0.1) is 14.2 Å². The fourth-order valence-electron chi connectivity index (χ4n) is 3.42. The molecular weight excluding hydrogens is 264 g/mol. The molecule has 0 amide bonds. The molecule has 0 N–H and O–H groups in total. The van der Waals surface area contributed by atoms with E-state index in [1.165, 1.54) is 16.7 Å². The number of methoxy groups -OCH3 is 2. The lowest BCUT2D eigenvalue weighted by Crippen LogP contribution is -2.34. The molecule has 1 aromatic rings. The molecule has 118 valence electrons. The topological polar surface area (TPSA) is 24.9 Å². The van der Waals surface area contributed by atoms with Gasteiger partial charge in [0.1, 0.15) is 11.5 Å². The van der Waals surface area contributed by atoms with Crippen molar-refractivity contribution in [2.75, 3.05) is 41.4 Å². The van der Waals surface area contributed by atoms with Crippen molar-refractivity contribution in [3.05, 3.63) is 22.8 Å². The number of ether oxygens (including phenoxy) is 2. The number of benzene rings is 1. The van der Waals surface area contributed by atoms with Crippen molar-refractivity contribution in [3.63, 3.8) is 0 Å². The molecule has 0 aromatic heterocycles. The number of rotatable bonds is 5. The molecule has 4 heteroatoms. The first kappa shape index (κ1) is 16.1. The lowest BCUT2D eigenvalue weighted by molar-refractivity contribution is 0.202. The van der Waals surface area contributed by atoms with Crippen LogP contribution in [-0.2, 0) is 13.0 Å². The van der Waals surface area contributed by atoms with Crippen LogP contribution in [0.1, 0.15) is 36.6 Å². The van der Waals surface area contributed by atoms with Crippen LogP contribution >= 0.6 is 0 Å². The number of hydrogen-bond acceptors (Lipinski definition) is 4. The van der Waals surface area contributed by atoms with Gasteiger partial charge in [-0.15, -0.1) is 0 Å². The SMILES string of the molecule is CCN1CCc2c(OC)c(CN(C)C)cc(OC)c2C1C. The van der Waals surface area contributed by atoms with Gasteiger partial charge in [-0.3, -0.25) is 4.90 Å². The van der Waals surface area contributed by atoms with Crippen LogP contribution in [0.15, 0.2) is 6.07 Å². The Morgan fingerprint density at radius 3 is 2.52 bits per heavy atom. The van der Waals surface area contributed by atoms with Gasteiger partial charge in [0, 0.05) is 35.8 Å². The minimum atomic E-state index is 0.371. The van der Waals surface area contributed by atoms with Gasteiger partial charge in [-0.05, 0) is 40.1 Å². The molecule has 1 heterocycles. The van der Waals surface area contributed by atoms with E-state index in [1.807, 2.05) is 0 Å². The highest BCUT2D eigenvalue weighted by Gasteiger charge is 2.30. The van der Waals surface area contributed by atoms with Gasteiger partial charge in [-0.1, -0.05) is 6.92 Å². The van der Waals surface area contributed by atoms with Crippen LogP contribution < -0.4 is 9.47 Å². The summed E-state index contributed by atoms with van der Waals surface area (Å²) in [5.41, 5.74) is 3.83. The zero-order valence-electron chi connectivity index (χ0n) is 14.2. The Morgan fingerprint density at radius 1 is 1.29 bits per heavy atom. The van der Waals surface area contributed by atoms with E-state index in [0.717, 1.165) is 37.6 Å². The van der Waals surface area contributed by atoms with E-state index in [2.05, 4.69) is 43.8 Å². The Labute approximate surface area is 128 Å². The molecule has 0 radical (unpaired) electrons. The number of fused-ring (bicyclic) bond motifs is 1. The van der Waals surface area contributed by atoms with Crippen molar-refractivity contribution in [2.24, 2.45) is 0 Å². The summed E-state index contributed by atoms with van der Waals surface area (Å²) in [7, 11) is 7.69. The zero-order chi connectivity index (χ0) is 15.6. The van der Waals surface area contributed by atoms with Crippen LogP contribution in [0.3, 0.4) is 0 Å². The maximum atomic E-state index is 5.76. The Bertz CT molecular complexity index is 500. The highest BCUT2D eigenvalue weighted by Crippen LogP contribution is 2.43. The van der Waals surface area contributed by atoms with Crippen LogP contribution in [0.25, 0.3) is 0 Å². The molecule has 0 saturated carbocycles. The number of likely N-dealkylation sites (N-methyl/N-ethyl adjacent to an activating group) is 1. The first-order valence-electron chi connectivity index (χ1n) is 7.68. The van der Waals surface area contributed by atoms with Gasteiger partial charge in [-0.2, -0.15) is 0 Å². The third-order valence-corrected chi connectivity index (χ3v) is 4.39. The van der Waals surface area contributed by atoms with E-state index >= 15 is 0 Å². The van der Waals surface area contributed by atoms with Crippen molar-refractivity contribution in [1.29, 1.82) is 0 Å². The van der Waals surface area contributed by atoms with Gasteiger partial charge in [0.2, 0.25) is 0 Å². The molecule has 0 aliphatic carbocycles. The summed E-state index contributed by atoms with van der Waals surface area (Å²) in [6.07, 6.45) is 1.02. The smallest absolute Gasteiger partial charge is 0.127 e. The normalized spacial score (nSPS) is 18.7. The summed E-state index contributed by atoms with van der Waals surface area (Å²) in [5, 5.41) is 0. The first-order chi connectivity index (χ1) is 10.0. The van der Waals surface area contributed by atoms with Crippen LogP contribution in [0.4, 0.5) is 0 Å². The predicted octanol–water partition coefficient (Wildman–Crippen LogP) is 2.70. The molecule has 0 bridgehead atoms. The highest BCUT2D eigenvalue weighted by molar-refractivity contribution is 5.56. The van der Waals surface area contributed by atoms with Gasteiger partial charge in [0.15, 0.2) is 0 Å². The van der Waals surface area contributed by atoms with Crippen LogP contribution in [0.5, 0.6) is 11.5 Å². The molecule has 1 aromatic carbocycles. The third kappa shape index (κ3) is 3.01. The predicted molar refractivity (Wildman–Crippen MR) is 86.3 cm³/mol. The number of hydrogen-bond donors (Lipinski definition) is 0. The molecule has 4 nitrogen and oxygen atoms in total. The molecule has 0 spiro atoms. The van der Waals surface area contributed by atoms with Crippen LogP contribution in [-0.4, -0.2) is 51.2 Å². The average Bonchev–Trinajstić information content (AvgIpc) is 2.46. The van der Waals surface area contributed by atoms with Crippen molar-refractivity contribution in [3.8, 4) is 11.5 Å². The Hall–Kier alpha value is -1.26. The van der Waals surface area contributed by atoms with E-state index in [9.17, 15) is 0 Å². The van der Waals surface area contributed by atoms with E-state index < -0.39 is 0 Å². The summed E-state index contributed by atoms with van der Waals surface area (Å²) < 4.78 is 11.5. The fraction of sp³-hybridized carbons (Fsp3) is 0.647. The molecule has 2 rings (SSSR count). The second-order valence-electron chi connectivity index (χ2n) is 5.96. The average molecular weight is 292 g/mol. The Balaban J connectivity index is 2.57.